The number of carbonyl (C=O) groups is 2. The second-order valence-electron chi connectivity index (χ2n) is 13.5. The Hall–Kier alpha value is -1.14. The van der Waals surface area contributed by atoms with E-state index in [1.54, 1.807) is 0 Å². The average molecular weight is 489 g/mol. The van der Waals surface area contributed by atoms with E-state index in [1.165, 1.54) is 13.3 Å². The molecule has 3 aliphatic carbocycles. The van der Waals surface area contributed by atoms with Gasteiger partial charge in [0.1, 0.15) is 11.7 Å². The average Bonchev–Trinajstić information content (AvgIpc) is 3.27. The quantitative estimate of drug-likeness (QED) is 0.514. The minimum atomic E-state index is -0.447. The van der Waals surface area contributed by atoms with Gasteiger partial charge in [0.05, 0.1) is 24.2 Å². The number of rotatable bonds is 2. The van der Waals surface area contributed by atoms with Crippen LogP contribution in [0.25, 0.3) is 0 Å². The van der Waals surface area contributed by atoms with Gasteiger partial charge in [0.25, 0.3) is 0 Å². The Morgan fingerprint density at radius 3 is 2.54 bits per heavy atom. The van der Waals surface area contributed by atoms with E-state index in [4.69, 9.17) is 18.9 Å². The van der Waals surface area contributed by atoms with Crippen LogP contribution in [0.15, 0.2) is 0 Å². The molecular weight excluding hydrogens is 444 g/mol. The van der Waals surface area contributed by atoms with E-state index in [1.807, 2.05) is 0 Å². The van der Waals surface area contributed by atoms with Crippen molar-refractivity contribution < 1.29 is 28.5 Å². The molecule has 6 nitrogen and oxygen atoms in total. The van der Waals surface area contributed by atoms with E-state index < -0.39 is 5.60 Å². The maximum Gasteiger partial charge on any atom is 0.310 e. The fourth-order valence-corrected chi connectivity index (χ4v) is 9.90. The Morgan fingerprint density at radius 2 is 1.83 bits per heavy atom. The monoisotopic (exact) mass is 488 g/mol. The highest BCUT2D eigenvalue weighted by atomic mass is 16.6. The van der Waals surface area contributed by atoms with Gasteiger partial charge in [0.2, 0.25) is 0 Å². The van der Waals surface area contributed by atoms with Crippen LogP contribution in [0.3, 0.4) is 0 Å². The molecule has 0 unspecified atom stereocenters. The van der Waals surface area contributed by atoms with Crippen molar-refractivity contribution in [2.24, 2.45) is 46.8 Å². The molecule has 0 aromatic heterocycles. The summed E-state index contributed by atoms with van der Waals surface area (Å²) in [5, 5.41) is 0. The van der Waals surface area contributed by atoms with Crippen molar-refractivity contribution >= 4 is 11.9 Å². The molecule has 6 fully saturated rings. The van der Waals surface area contributed by atoms with Crippen molar-refractivity contribution in [2.45, 2.75) is 116 Å². The topological polar surface area (TPSA) is 71.1 Å². The summed E-state index contributed by atoms with van der Waals surface area (Å²) in [4.78, 5) is 25.4. The largest absolute Gasteiger partial charge is 0.463 e. The maximum atomic E-state index is 13.8. The molecule has 35 heavy (non-hydrogen) atoms. The highest BCUT2D eigenvalue weighted by Gasteiger charge is 2.70. The van der Waals surface area contributed by atoms with Crippen molar-refractivity contribution in [3.8, 4) is 0 Å². The summed E-state index contributed by atoms with van der Waals surface area (Å²) in [6.07, 6.45) is 8.51. The third kappa shape index (κ3) is 3.63. The molecule has 0 bridgehead atoms. The standard InChI is InChI=1S/C29H44O6/c1-15-6-9-22(32-14-15)26-16(2)24-23(34-26)13-21-20-8-7-18-12-19(33-17(3)30)10-11-28(18,4)25(20)27(31)35-29(21,24)5/h15-16,18-26H,6-14H2,1-5H3/t15-,16-,18+,19+,20-,21+,22-,23+,24-,25+,26+,28+,29+/m1/s1. The lowest BCUT2D eigenvalue weighted by molar-refractivity contribution is -0.221. The third-order valence-corrected chi connectivity index (χ3v) is 11.5. The minimum Gasteiger partial charge on any atom is -0.463 e. The summed E-state index contributed by atoms with van der Waals surface area (Å²) in [5.74, 6) is 2.10. The van der Waals surface area contributed by atoms with Gasteiger partial charge in [-0.05, 0) is 87.4 Å². The van der Waals surface area contributed by atoms with Gasteiger partial charge in [-0.3, -0.25) is 9.59 Å². The Bertz CT molecular complexity index is 865. The zero-order chi connectivity index (χ0) is 24.7. The zero-order valence-corrected chi connectivity index (χ0v) is 22.2. The Morgan fingerprint density at radius 1 is 1.03 bits per heavy atom. The first kappa shape index (κ1) is 24.2. The minimum absolute atomic E-state index is 0.00554. The van der Waals surface area contributed by atoms with Gasteiger partial charge in [-0.1, -0.05) is 20.8 Å². The van der Waals surface area contributed by atoms with Gasteiger partial charge in [-0.2, -0.15) is 0 Å². The predicted octanol–water partition coefficient (Wildman–Crippen LogP) is 4.92. The molecule has 0 aromatic carbocycles. The van der Waals surface area contributed by atoms with Gasteiger partial charge < -0.3 is 18.9 Å². The van der Waals surface area contributed by atoms with Crippen LogP contribution >= 0.6 is 0 Å². The number of esters is 2. The Labute approximate surface area is 210 Å². The summed E-state index contributed by atoms with van der Waals surface area (Å²) >= 11 is 0. The van der Waals surface area contributed by atoms with E-state index in [0.29, 0.717) is 29.6 Å². The summed E-state index contributed by atoms with van der Waals surface area (Å²) < 4.78 is 25.1. The molecule has 0 spiro atoms. The van der Waals surface area contributed by atoms with E-state index in [0.717, 1.165) is 51.6 Å². The van der Waals surface area contributed by atoms with Crippen LogP contribution in [0, 0.1) is 46.8 Å². The highest BCUT2D eigenvalue weighted by Crippen LogP contribution is 2.66. The molecule has 0 radical (unpaired) electrons. The number of ether oxygens (including phenoxy) is 4. The number of carbonyl (C=O) groups excluding carboxylic acids is 2. The second-order valence-corrected chi connectivity index (χ2v) is 13.5. The van der Waals surface area contributed by atoms with Crippen LogP contribution in [0.1, 0.15) is 86.0 Å². The van der Waals surface area contributed by atoms with E-state index in [2.05, 4.69) is 27.7 Å². The van der Waals surface area contributed by atoms with Gasteiger partial charge >= 0.3 is 11.9 Å². The van der Waals surface area contributed by atoms with Gasteiger partial charge in [-0.25, -0.2) is 0 Å². The molecule has 3 saturated heterocycles. The zero-order valence-electron chi connectivity index (χ0n) is 22.2. The summed E-state index contributed by atoms with van der Waals surface area (Å²) in [7, 11) is 0. The molecule has 3 saturated carbocycles. The van der Waals surface area contributed by atoms with E-state index >= 15 is 0 Å². The molecule has 6 aliphatic rings. The molecule has 6 heteroatoms. The molecule has 196 valence electrons. The first-order valence-corrected chi connectivity index (χ1v) is 14.3. The maximum absolute atomic E-state index is 13.8. The number of hydrogen-bond donors (Lipinski definition) is 0. The molecule has 0 N–H and O–H groups in total. The first-order valence-electron chi connectivity index (χ1n) is 14.3. The molecule has 3 heterocycles. The van der Waals surface area contributed by atoms with E-state index in [-0.39, 0.29) is 53.6 Å². The molecule has 3 aliphatic heterocycles. The van der Waals surface area contributed by atoms with Crippen molar-refractivity contribution in [1.29, 1.82) is 0 Å². The van der Waals surface area contributed by atoms with Crippen LogP contribution in [-0.4, -0.2) is 48.6 Å². The lowest BCUT2D eigenvalue weighted by Gasteiger charge is -2.59. The molecular formula is C29H44O6. The van der Waals surface area contributed by atoms with Crippen LogP contribution in [0.2, 0.25) is 0 Å². The highest BCUT2D eigenvalue weighted by molar-refractivity contribution is 5.76. The predicted molar refractivity (Wildman–Crippen MR) is 129 cm³/mol. The van der Waals surface area contributed by atoms with Crippen LogP contribution < -0.4 is 0 Å². The van der Waals surface area contributed by atoms with Gasteiger partial charge in [0.15, 0.2) is 0 Å². The SMILES string of the molecule is CC(=O)O[C@H]1CC[C@@]2(C)[C@@H](CC[C@H]3[C@H]2C(=O)O[C@]2(C)[C@@H]4[C@@H](C)[C@@H]([C@H]5CC[C@@H](C)CO5)O[C@H]4C[C@@H]32)C1. The lowest BCUT2D eigenvalue weighted by atomic mass is 9.48. The van der Waals surface area contributed by atoms with Crippen molar-refractivity contribution in [1.82, 2.24) is 0 Å². The van der Waals surface area contributed by atoms with Crippen LogP contribution in [-0.2, 0) is 28.5 Å². The van der Waals surface area contributed by atoms with Crippen molar-refractivity contribution in [3.05, 3.63) is 0 Å². The summed E-state index contributed by atoms with van der Waals surface area (Å²) in [6, 6.07) is 0. The molecule has 0 aromatic rings. The molecule has 0 amide bonds. The third-order valence-electron chi connectivity index (χ3n) is 11.5. The van der Waals surface area contributed by atoms with Crippen molar-refractivity contribution in [3.63, 3.8) is 0 Å². The number of fused-ring (bicyclic) bond motifs is 7. The molecule has 13 atom stereocenters. The first-order chi connectivity index (χ1) is 16.6. The normalized spacial score (nSPS) is 55.2. The van der Waals surface area contributed by atoms with Crippen LogP contribution in [0.4, 0.5) is 0 Å². The fourth-order valence-electron chi connectivity index (χ4n) is 9.90. The van der Waals surface area contributed by atoms with Crippen molar-refractivity contribution in [2.75, 3.05) is 6.61 Å². The second kappa shape index (κ2) is 8.44. The fraction of sp³-hybridized carbons (Fsp3) is 0.931. The lowest BCUT2D eigenvalue weighted by Crippen LogP contribution is -2.61. The smallest absolute Gasteiger partial charge is 0.310 e. The molecule has 6 rings (SSSR count). The Kier molecular flexibility index (Phi) is 5.84. The summed E-state index contributed by atoms with van der Waals surface area (Å²) in [6.45, 7) is 11.4. The summed E-state index contributed by atoms with van der Waals surface area (Å²) in [5.41, 5.74) is -0.519. The van der Waals surface area contributed by atoms with Gasteiger partial charge in [-0.15, -0.1) is 0 Å². The van der Waals surface area contributed by atoms with Gasteiger partial charge in [0, 0.05) is 25.4 Å². The van der Waals surface area contributed by atoms with Crippen LogP contribution in [0.5, 0.6) is 0 Å². The number of hydrogen-bond acceptors (Lipinski definition) is 6. The Balaban J connectivity index is 1.21. The van der Waals surface area contributed by atoms with E-state index in [9.17, 15) is 9.59 Å².